The first-order valence-electron chi connectivity index (χ1n) is 8.40. The maximum Gasteiger partial charge on any atom is 0.123 e. The summed E-state index contributed by atoms with van der Waals surface area (Å²) in [6, 6.07) is 18.1. The van der Waals surface area contributed by atoms with Gasteiger partial charge >= 0.3 is 0 Å². The van der Waals surface area contributed by atoms with E-state index in [9.17, 15) is 4.55 Å². The molecular formula is C20H17N3OS2. The molecule has 6 heteroatoms. The highest BCUT2D eigenvalue weighted by Gasteiger charge is 2.19. The summed E-state index contributed by atoms with van der Waals surface area (Å²) < 4.78 is 11.5. The average Bonchev–Trinajstić information content (AvgIpc) is 3.19. The molecule has 0 spiro atoms. The van der Waals surface area contributed by atoms with Gasteiger partial charge in [-0.05, 0) is 29.8 Å². The van der Waals surface area contributed by atoms with Crippen molar-refractivity contribution in [3.63, 3.8) is 0 Å². The monoisotopic (exact) mass is 379 g/mol. The second kappa shape index (κ2) is 7.50. The van der Waals surface area contributed by atoms with Gasteiger partial charge in [-0.3, -0.25) is 0 Å². The smallest absolute Gasteiger partial charge is 0.123 e. The highest BCUT2D eigenvalue weighted by molar-refractivity contribution is 7.91. The Kier molecular flexibility index (Phi) is 4.93. The maximum absolute atomic E-state index is 11.5. The Morgan fingerprint density at radius 2 is 1.65 bits per heavy atom. The van der Waals surface area contributed by atoms with E-state index < -0.39 is 11.2 Å². The van der Waals surface area contributed by atoms with E-state index in [1.807, 2.05) is 30.5 Å². The third-order valence-electron chi connectivity index (χ3n) is 4.46. The van der Waals surface area contributed by atoms with Crippen LogP contribution in [0.4, 0.5) is 5.69 Å². The minimum atomic E-state index is -0.653. The lowest BCUT2D eigenvalue weighted by molar-refractivity contribution is 0.586. The van der Waals surface area contributed by atoms with E-state index in [1.54, 1.807) is 11.3 Å². The van der Waals surface area contributed by atoms with E-state index in [4.69, 9.17) is 5.26 Å². The van der Waals surface area contributed by atoms with Crippen LogP contribution in [0.1, 0.15) is 5.56 Å². The van der Waals surface area contributed by atoms with E-state index in [1.165, 1.54) is 5.69 Å². The first-order valence-corrected chi connectivity index (χ1v) is 10.7. The minimum absolute atomic E-state index is 0.653. The van der Waals surface area contributed by atoms with Crippen molar-refractivity contribution in [2.24, 2.45) is 0 Å². The second-order valence-corrected chi connectivity index (χ2v) is 8.83. The predicted molar refractivity (Wildman–Crippen MR) is 108 cm³/mol. The molecule has 2 heterocycles. The molecule has 1 fully saturated rings. The summed E-state index contributed by atoms with van der Waals surface area (Å²) in [7, 11) is 0. The first-order chi connectivity index (χ1) is 12.7. The molecule has 2 aromatic carbocycles. The van der Waals surface area contributed by atoms with Crippen LogP contribution in [0.2, 0.25) is 0 Å². The Morgan fingerprint density at radius 1 is 1.00 bits per heavy atom. The minimum Gasteiger partial charge on any atom is -0.616 e. The van der Waals surface area contributed by atoms with E-state index in [-0.39, 0.29) is 0 Å². The van der Waals surface area contributed by atoms with Crippen LogP contribution < -0.4 is 4.90 Å². The van der Waals surface area contributed by atoms with Crippen molar-refractivity contribution >= 4 is 28.2 Å². The van der Waals surface area contributed by atoms with Gasteiger partial charge < -0.3 is 9.45 Å². The number of hydrogen-bond donors (Lipinski definition) is 0. The summed E-state index contributed by atoms with van der Waals surface area (Å²) in [5, 5.41) is 9.85. The van der Waals surface area contributed by atoms with Crippen LogP contribution in [0.15, 0.2) is 54.7 Å². The number of benzene rings is 2. The second-order valence-electron chi connectivity index (χ2n) is 6.10. The zero-order valence-electron chi connectivity index (χ0n) is 14.1. The van der Waals surface area contributed by atoms with Crippen LogP contribution >= 0.6 is 11.3 Å². The Morgan fingerprint density at radius 3 is 2.31 bits per heavy atom. The molecule has 0 N–H and O–H groups in total. The lowest BCUT2D eigenvalue weighted by Gasteiger charge is -2.29. The molecule has 1 aliphatic rings. The third-order valence-corrected chi connectivity index (χ3v) is 6.83. The summed E-state index contributed by atoms with van der Waals surface area (Å²) in [5.74, 6) is 1.51. The van der Waals surface area contributed by atoms with Crippen molar-refractivity contribution in [2.75, 3.05) is 29.5 Å². The molecule has 3 aromatic rings. The topological polar surface area (TPSA) is 63.0 Å². The molecular weight excluding hydrogens is 362 g/mol. The van der Waals surface area contributed by atoms with Gasteiger partial charge in [0.1, 0.15) is 16.5 Å². The molecule has 0 atom stereocenters. The lowest BCUT2D eigenvalue weighted by Crippen LogP contribution is -2.40. The molecule has 130 valence electrons. The molecule has 1 aromatic heterocycles. The number of rotatable bonds is 3. The molecule has 0 unspecified atom stereocenters. The first kappa shape index (κ1) is 17.1. The van der Waals surface area contributed by atoms with Crippen molar-refractivity contribution in [3.05, 3.63) is 60.3 Å². The summed E-state index contributed by atoms with van der Waals surface area (Å²) >= 11 is 0.994. The molecule has 0 radical (unpaired) electrons. The van der Waals surface area contributed by atoms with Crippen LogP contribution in [0.5, 0.6) is 0 Å². The van der Waals surface area contributed by atoms with Crippen LogP contribution in [0.25, 0.3) is 21.0 Å². The largest absolute Gasteiger partial charge is 0.616 e. The maximum atomic E-state index is 11.5. The Hall–Kier alpha value is -2.33. The van der Waals surface area contributed by atoms with Crippen molar-refractivity contribution in [1.82, 2.24) is 4.98 Å². The Balaban J connectivity index is 1.51. The zero-order chi connectivity index (χ0) is 17.9. The van der Waals surface area contributed by atoms with Crippen LogP contribution in [0, 0.1) is 11.3 Å². The van der Waals surface area contributed by atoms with Crippen LogP contribution in [-0.2, 0) is 11.2 Å². The Labute approximate surface area is 159 Å². The van der Waals surface area contributed by atoms with Gasteiger partial charge in [-0.1, -0.05) is 35.4 Å². The van der Waals surface area contributed by atoms with Gasteiger partial charge in [0.15, 0.2) is 0 Å². The third kappa shape index (κ3) is 3.61. The number of hydrogen-bond acceptors (Lipinski definition) is 5. The number of thiazole rings is 1. The van der Waals surface area contributed by atoms with Crippen molar-refractivity contribution in [1.29, 1.82) is 5.26 Å². The SMILES string of the molecule is N#Cc1ccc(-c2ncc(-c3ccc(N4CC[S+]([O-])CC4)cc3)s2)cc1. The predicted octanol–water partition coefficient (Wildman–Crippen LogP) is 3.92. The molecule has 1 aliphatic heterocycles. The van der Waals surface area contributed by atoms with Crippen LogP contribution in [-0.4, -0.2) is 34.1 Å². The van der Waals surface area contributed by atoms with E-state index >= 15 is 0 Å². The highest BCUT2D eigenvalue weighted by atomic mass is 32.2. The number of anilines is 1. The van der Waals surface area contributed by atoms with Gasteiger partial charge in [0.25, 0.3) is 0 Å². The molecule has 4 rings (SSSR count). The fraction of sp³-hybridized carbons (Fsp3) is 0.200. The highest BCUT2D eigenvalue weighted by Crippen LogP contribution is 2.33. The molecule has 0 saturated carbocycles. The molecule has 0 amide bonds. The number of aromatic nitrogens is 1. The quantitative estimate of drug-likeness (QED) is 0.647. The summed E-state index contributed by atoms with van der Waals surface area (Å²) in [6.07, 6.45) is 1.90. The van der Waals surface area contributed by atoms with Crippen molar-refractivity contribution < 1.29 is 4.55 Å². The summed E-state index contributed by atoms with van der Waals surface area (Å²) in [4.78, 5) is 7.94. The van der Waals surface area contributed by atoms with Gasteiger partial charge in [-0.15, -0.1) is 11.3 Å². The van der Waals surface area contributed by atoms with Crippen molar-refractivity contribution in [3.8, 4) is 27.1 Å². The standard InChI is InChI=1S/C20H17N3OS2/c21-13-15-1-3-17(4-2-15)20-22-14-19(25-20)16-5-7-18(8-6-16)23-9-11-26(24)12-10-23/h1-8,14H,9-12H2. The normalized spacial score (nSPS) is 15.0. The molecule has 1 saturated heterocycles. The van der Waals surface area contributed by atoms with Crippen molar-refractivity contribution in [2.45, 2.75) is 0 Å². The zero-order valence-corrected chi connectivity index (χ0v) is 15.7. The molecule has 26 heavy (non-hydrogen) atoms. The fourth-order valence-electron chi connectivity index (χ4n) is 2.96. The number of nitriles is 1. The van der Waals surface area contributed by atoms with E-state index in [0.717, 1.165) is 45.6 Å². The summed E-state index contributed by atoms with van der Waals surface area (Å²) in [5.41, 5.74) is 4.01. The average molecular weight is 380 g/mol. The van der Waals surface area contributed by atoms with E-state index in [2.05, 4.69) is 40.2 Å². The lowest BCUT2D eigenvalue weighted by atomic mass is 10.1. The molecule has 0 bridgehead atoms. The fourth-order valence-corrected chi connectivity index (χ4v) is 4.94. The van der Waals surface area contributed by atoms with Gasteiger partial charge in [0.2, 0.25) is 0 Å². The van der Waals surface area contributed by atoms with Crippen LogP contribution in [0.3, 0.4) is 0 Å². The molecule has 0 aliphatic carbocycles. The number of nitrogens with zero attached hydrogens (tertiary/aromatic N) is 3. The van der Waals surface area contributed by atoms with Gasteiger partial charge in [-0.25, -0.2) is 4.98 Å². The Bertz CT molecular complexity index is 921. The van der Waals surface area contributed by atoms with Gasteiger partial charge in [-0.2, -0.15) is 5.26 Å². The van der Waals surface area contributed by atoms with Gasteiger partial charge in [0.05, 0.1) is 29.6 Å². The van der Waals surface area contributed by atoms with Gasteiger partial charge in [0, 0.05) is 17.4 Å². The molecule has 4 nitrogen and oxygen atoms in total. The summed E-state index contributed by atoms with van der Waals surface area (Å²) in [6.45, 7) is 1.71. The van der Waals surface area contributed by atoms with E-state index in [0.29, 0.717) is 5.56 Å².